The van der Waals surface area contributed by atoms with Gasteiger partial charge in [0.1, 0.15) is 0 Å². The lowest BCUT2D eigenvalue weighted by Gasteiger charge is -2.32. The van der Waals surface area contributed by atoms with Crippen LogP contribution in [0.25, 0.3) is 0 Å². The first-order valence-electron chi connectivity index (χ1n) is 10.1. The molecule has 0 saturated carbocycles. The summed E-state index contributed by atoms with van der Waals surface area (Å²) in [7, 11) is 3.19. The molecule has 2 N–H and O–H groups in total. The van der Waals surface area contributed by atoms with Crippen LogP contribution >= 0.6 is 0 Å². The first-order valence-corrected chi connectivity index (χ1v) is 10.1. The zero-order valence-corrected chi connectivity index (χ0v) is 18.2. The lowest BCUT2D eigenvalue weighted by Crippen LogP contribution is -2.34. The van der Waals surface area contributed by atoms with E-state index in [2.05, 4.69) is 30.6 Å². The van der Waals surface area contributed by atoms with Crippen molar-refractivity contribution in [2.24, 2.45) is 5.92 Å². The van der Waals surface area contributed by atoms with E-state index >= 15 is 0 Å². The van der Waals surface area contributed by atoms with E-state index in [4.69, 9.17) is 13.9 Å². The molecular formula is C23H31N3O4. The quantitative estimate of drug-likeness (QED) is 0.517. The van der Waals surface area contributed by atoms with Crippen LogP contribution in [-0.2, 0) is 5.41 Å². The van der Waals surface area contributed by atoms with Crippen molar-refractivity contribution in [3.63, 3.8) is 0 Å². The molecule has 162 valence electrons. The summed E-state index contributed by atoms with van der Waals surface area (Å²) in [5.74, 6) is 1.49. The predicted molar refractivity (Wildman–Crippen MR) is 115 cm³/mol. The zero-order chi connectivity index (χ0) is 22.0. The SMILES string of the molecule is COc1ccc(C(C#N)(CCCNCCNC(=O)c2ccco2)C(C)C)cc1OC. The van der Waals surface area contributed by atoms with Crippen LogP contribution in [0.3, 0.4) is 0 Å². The number of amides is 1. The highest BCUT2D eigenvalue weighted by molar-refractivity contribution is 5.91. The van der Waals surface area contributed by atoms with Crippen LogP contribution in [0.4, 0.5) is 0 Å². The first kappa shape index (κ1) is 23.3. The lowest BCUT2D eigenvalue weighted by molar-refractivity contribution is 0.0926. The maximum Gasteiger partial charge on any atom is 0.287 e. The molecule has 0 aliphatic heterocycles. The molecule has 0 aliphatic carbocycles. The third kappa shape index (κ3) is 5.55. The summed E-state index contributed by atoms with van der Waals surface area (Å²) >= 11 is 0. The average Bonchev–Trinajstić information content (AvgIpc) is 3.30. The van der Waals surface area contributed by atoms with E-state index in [-0.39, 0.29) is 11.8 Å². The first-order chi connectivity index (χ1) is 14.5. The fraction of sp³-hybridized carbons (Fsp3) is 0.478. The van der Waals surface area contributed by atoms with E-state index < -0.39 is 5.41 Å². The number of hydrogen-bond acceptors (Lipinski definition) is 6. The second-order valence-corrected chi connectivity index (χ2v) is 7.39. The van der Waals surface area contributed by atoms with Crippen molar-refractivity contribution in [2.45, 2.75) is 32.1 Å². The Bertz CT molecular complexity index is 843. The van der Waals surface area contributed by atoms with E-state index in [1.165, 1.54) is 6.26 Å². The second kappa shape index (κ2) is 11.3. The minimum atomic E-state index is -0.616. The van der Waals surface area contributed by atoms with Gasteiger partial charge in [0.05, 0.1) is 32.0 Å². The molecule has 0 bridgehead atoms. The van der Waals surface area contributed by atoms with Crippen LogP contribution in [0.2, 0.25) is 0 Å². The molecule has 7 nitrogen and oxygen atoms in total. The summed E-state index contributed by atoms with van der Waals surface area (Å²) < 4.78 is 15.8. The Kier molecular flexibility index (Phi) is 8.75. The minimum Gasteiger partial charge on any atom is -0.493 e. The Hall–Kier alpha value is -2.98. The topological polar surface area (TPSA) is 96.5 Å². The molecular weight excluding hydrogens is 382 g/mol. The molecule has 2 rings (SSSR count). The highest BCUT2D eigenvalue weighted by Gasteiger charge is 2.36. The van der Waals surface area contributed by atoms with E-state index in [0.29, 0.717) is 36.8 Å². The Morgan fingerprint density at radius 1 is 1.17 bits per heavy atom. The van der Waals surface area contributed by atoms with Gasteiger partial charge in [0.25, 0.3) is 5.91 Å². The number of carbonyl (C=O) groups excluding carboxylic acids is 1. The molecule has 1 unspecified atom stereocenters. The van der Waals surface area contributed by atoms with Crippen LogP contribution in [0.15, 0.2) is 41.0 Å². The summed E-state index contributed by atoms with van der Waals surface area (Å²) in [6, 6.07) is 11.6. The van der Waals surface area contributed by atoms with Crippen LogP contribution in [0.1, 0.15) is 42.8 Å². The average molecular weight is 414 g/mol. The molecule has 1 aromatic carbocycles. The van der Waals surface area contributed by atoms with Gasteiger partial charge in [0, 0.05) is 13.1 Å². The highest BCUT2D eigenvalue weighted by Crippen LogP contribution is 2.40. The zero-order valence-electron chi connectivity index (χ0n) is 18.2. The second-order valence-electron chi connectivity index (χ2n) is 7.39. The number of nitrogens with one attached hydrogen (secondary N) is 2. The van der Waals surface area contributed by atoms with Gasteiger partial charge in [0.15, 0.2) is 17.3 Å². The molecule has 1 atom stereocenters. The summed E-state index contributed by atoms with van der Waals surface area (Å²) in [6.07, 6.45) is 3.01. The number of rotatable bonds is 12. The molecule has 1 amide bonds. The maximum absolute atomic E-state index is 11.8. The van der Waals surface area contributed by atoms with Gasteiger partial charge in [-0.15, -0.1) is 0 Å². The highest BCUT2D eigenvalue weighted by atomic mass is 16.5. The van der Waals surface area contributed by atoms with Gasteiger partial charge in [-0.2, -0.15) is 5.26 Å². The normalized spacial score (nSPS) is 12.8. The fourth-order valence-electron chi connectivity index (χ4n) is 3.51. The molecule has 7 heteroatoms. The molecule has 1 heterocycles. The number of hydrogen-bond donors (Lipinski definition) is 2. The van der Waals surface area contributed by atoms with Crippen LogP contribution < -0.4 is 20.1 Å². The fourth-order valence-corrected chi connectivity index (χ4v) is 3.51. The van der Waals surface area contributed by atoms with Gasteiger partial charge < -0.3 is 24.5 Å². The van der Waals surface area contributed by atoms with Gasteiger partial charge >= 0.3 is 0 Å². The van der Waals surface area contributed by atoms with Crippen molar-refractivity contribution in [1.82, 2.24) is 10.6 Å². The lowest BCUT2D eigenvalue weighted by atomic mass is 9.70. The summed E-state index contributed by atoms with van der Waals surface area (Å²) in [5, 5.41) is 16.2. The Morgan fingerprint density at radius 2 is 1.93 bits per heavy atom. The Balaban J connectivity index is 1.88. The van der Waals surface area contributed by atoms with E-state index in [9.17, 15) is 10.1 Å². The van der Waals surface area contributed by atoms with Crippen LogP contribution in [0, 0.1) is 17.2 Å². The molecule has 1 aromatic heterocycles. The van der Waals surface area contributed by atoms with Gasteiger partial charge in [-0.1, -0.05) is 19.9 Å². The van der Waals surface area contributed by atoms with Gasteiger partial charge in [0.2, 0.25) is 0 Å². The number of nitrogens with zero attached hydrogens (tertiary/aromatic N) is 1. The van der Waals surface area contributed by atoms with Crippen molar-refractivity contribution < 1.29 is 18.7 Å². The van der Waals surface area contributed by atoms with Crippen LogP contribution in [-0.4, -0.2) is 39.8 Å². The van der Waals surface area contributed by atoms with Gasteiger partial charge in [-0.25, -0.2) is 0 Å². The molecule has 0 fully saturated rings. The van der Waals surface area contributed by atoms with Gasteiger partial charge in [-0.3, -0.25) is 4.79 Å². The molecule has 0 saturated heterocycles. The van der Waals surface area contributed by atoms with E-state index in [1.54, 1.807) is 26.4 Å². The molecule has 2 aromatic rings. The van der Waals surface area contributed by atoms with Crippen molar-refractivity contribution in [1.29, 1.82) is 5.26 Å². The van der Waals surface area contributed by atoms with Crippen LogP contribution in [0.5, 0.6) is 11.5 Å². The Labute approximate surface area is 178 Å². The summed E-state index contributed by atoms with van der Waals surface area (Å²) in [5.41, 5.74) is 0.317. The number of carbonyl (C=O) groups is 1. The van der Waals surface area contributed by atoms with E-state index in [1.807, 2.05) is 18.2 Å². The summed E-state index contributed by atoms with van der Waals surface area (Å²) in [6.45, 7) is 6.03. The van der Waals surface area contributed by atoms with Crippen molar-refractivity contribution >= 4 is 5.91 Å². The molecule has 30 heavy (non-hydrogen) atoms. The van der Waals surface area contributed by atoms with Crippen molar-refractivity contribution in [3.8, 4) is 17.6 Å². The standard InChI is InChI=1S/C23H31N3O4/c1-17(2)23(16-24,18-8-9-19(28-3)21(15-18)29-4)10-6-11-25-12-13-26-22(27)20-7-5-14-30-20/h5,7-9,14-15,17,25H,6,10-13H2,1-4H3,(H,26,27). The smallest absolute Gasteiger partial charge is 0.287 e. The monoisotopic (exact) mass is 413 g/mol. The Morgan fingerprint density at radius 3 is 2.53 bits per heavy atom. The van der Waals surface area contributed by atoms with Crippen molar-refractivity contribution in [2.75, 3.05) is 33.9 Å². The largest absolute Gasteiger partial charge is 0.493 e. The third-order valence-corrected chi connectivity index (χ3v) is 5.34. The molecule has 0 spiro atoms. The number of furan rings is 1. The maximum atomic E-state index is 11.8. The van der Waals surface area contributed by atoms with Crippen molar-refractivity contribution in [3.05, 3.63) is 47.9 Å². The molecule has 0 radical (unpaired) electrons. The van der Waals surface area contributed by atoms with Gasteiger partial charge in [-0.05, 0) is 55.1 Å². The number of benzene rings is 1. The number of methoxy groups -OCH3 is 2. The minimum absolute atomic E-state index is 0.133. The summed E-state index contributed by atoms with van der Waals surface area (Å²) in [4.78, 5) is 11.8. The number of nitriles is 1. The third-order valence-electron chi connectivity index (χ3n) is 5.34. The number of ether oxygens (including phenoxy) is 2. The predicted octanol–water partition coefficient (Wildman–Crippen LogP) is 3.51. The molecule has 0 aliphatic rings. The van der Waals surface area contributed by atoms with E-state index in [0.717, 1.165) is 18.5 Å².